The first-order valence-corrected chi connectivity index (χ1v) is 6.74. The van der Waals surface area contributed by atoms with Crippen LogP contribution in [-0.2, 0) is 11.3 Å². The number of unbranched alkanes of at least 4 members (excludes halogenated alkanes) is 1. The van der Waals surface area contributed by atoms with Crippen LogP contribution in [0.1, 0.15) is 31.7 Å². The SMILES string of the molecule is CCOc1ccc(CN(C)CCCCC(=O)O)cc1.Cl. The van der Waals surface area contributed by atoms with Gasteiger partial charge in [-0.15, -0.1) is 12.4 Å². The molecule has 0 radical (unpaired) electrons. The molecule has 20 heavy (non-hydrogen) atoms. The second-order valence-corrected chi connectivity index (χ2v) is 4.67. The summed E-state index contributed by atoms with van der Waals surface area (Å²) in [7, 11) is 2.05. The molecule has 0 aliphatic carbocycles. The fourth-order valence-electron chi connectivity index (χ4n) is 1.91. The quantitative estimate of drug-likeness (QED) is 0.712. The number of nitrogens with zero attached hydrogens (tertiary/aromatic N) is 1. The maximum absolute atomic E-state index is 10.4. The molecule has 0 bridgehead atoms. The van der Waals surface area contributed by atoms with Crippen molar-refractivity contribution in [2.45, 2.75) is 32.7 Å². The first kappa shape index (κ1) is 18.7. The Morgan fingerprint density at radius 3 is 2.45 bits per heavy atom. The molecule has 1 aromatic carbocycles. The number of hydrogen-bond acceptors (Lipinski definition) is 3. The number of benzene rings is 1. The summed E-state index contributed by atoms with van der Waals surface area (Å²) in [5.41, 5.74) is 1.24. The molecule has 1 aromatic rings. The maximum Gasteiger partial charge on any atom is 0.303 e. The van der Waals surface area contributed by atoms with Crippen molar-refractivity contribution < 1.29 is 14.6 Å². The third-order valence-corrected chi connectivity index (χ3v) is 2.87. The summed E-state index contributed by atoms with van der Waals surface area (Å²) < 4.78 is 5.40. The Bertz CT molecular complexity index is 381. The first-order valence-electron chi connectivity index (χ1n) is 6.74. The molecular formula is C15H24ClNO3. The number of rotatable bonds is 9. The molecular weight excluding hydrogens is 278 g/mol. The summed E-state index contributed by atoms with van der Waals surface area (Å²) in [4.78, 5) is 12.6. The number of hydrogen-bond donors (Lipinski definition) is 1. The molecule has 0 amide bonds. The Morgan fingerprint density at radius 1 is 1.25 bits per heavy atom. The van der Waals surface area contributed by atoms with Gasteiger partial charge in [0.2, 0.25) is 0 Å². The Labute approximate surface area is 127 Å². The van der Waals surface area contributed by atoms with Crippen molar-refractivity contribution in [1.29, 1.82) is 0 Å². The average Bonchev–Trinajstić information content (AvgIpc) is 2.37. The van der Waals surface area contributed by atoms with E-state index in [1.807, 2.05) is 19.1 Å². The van der Waals surface area contributed by atoms with E-state index in [1.54, 1.807) is 0 Å². The van der Waals surface area contributed by atoms with E-state index in [1.165, 1.54) is 5.56 Å². The lowest BCUT2D eigenvalue weighted by Crippen LogP contribution is -2.19. The van der Waals surface area contributed by atoms with E-state index in [9.17, 15) is 4.79 Å². The Hall–Kier alpha value is -1.26. The molecule has 0 aliphatic rings. The van der Waals surface area contributed by atoms with Gasteiger partial charge in [-0.3, -0.25) is 4.79 Å². The smallest absolute Gasteiger partial charge is 0.303 e. The van der Waals surface area contributed by atoms with Crippen LogP contribution < -0.4 is 4.74 Å². The molecule has 0 aliphatic heterocycles. The van der Waals surface area contributed by atoms with E-state index in [0.717, 1.165) is 31.7 Å². The van der Waals surface area contributed by atoms with Gasteiger partial charge in [-0.2, -0.15) is 0 Å². The second kappa shape index (κ2) is 10.5. The van der Waals surface area contributed by atoms with Crippen LogP contribution >= 0.6 is 12.4 Å². The summed E-state index contributed by atoms with van der Waals surface area (Å²) in [6, 6.07) is 8.10. The number of carboxylic acid groups (broad SMARTS) is 1. The number of carbonyl (C=O) groups is 1. The third-order valence-electron chi connectivity index (χ3n) is 2.87. The van der Waals surface area contributed by atoms with Gasteiger partial charge in [0, 0.05) is 13.0 Å². The lowest BCUT2D eigenvalue weighted by atomic mass is 10.2. The van der Waals surface area contributed by atoms with Gasteiger partial charge in [-0.05, 0) is 51.1 Å². The standard InChI is InChI=1S/C15H23NO3.ClH/c1-3-19-14-9-7-13(8-10-14)12-16(2)11-5-4-6-15(17)18;/h7-10H,3-6,11-12H2,1-2H3,(H,17,18);1H. The molecule has 114 valence electrons. The van der Waals surface area contributed by atoms with E-state index in [0.29, 0.717) is 6.61 Å². The highest BCUT2D eigenvalue weighted by atomic mass is 35.5. The van der Waals surface area contributed by atoms with Crippen molar-refractivity contribution in [3.05, 3.63) is 29.8 Å². The highest BCUT2D eigenvalue weighted by Crippen LogP contribution is 2.13. The molecule has 0 spiro atoms. The van der Waals surface area contributed by atoms with Gasteiger partial charge < -0.3 is 14.7 Å². The molecule has 0 unspecified atom stereocenters. The van der Waals surface area contributed by atoms with Crippen molar-refractivity contribution in [1.82, 2.24) is 4.90 Å². The van der Waals surface area contributed by atoms with Crippen LogP contribution in [0.3, 0.4) is 0 Å². The lowest BCUT2D eigenvalue weighted by Gasteiger charge is -2.16. The van der Waals surface area contributed by atoms with Crippen LogP contribution in [0.25, 0.3) is 0 Å². The van der Waals surface area contributed by atoms with Gasteiger partial charge in [0.05, 0.1) is 6.61 Å². The minimum Gasteiger partial charge on any atom is -0.494 e. The Balaban J connectivity index is 0.00000361. The Morgan fingerprint density at radius 2 is 1.90 bits per heavy atom. The molecule has 1 rings (SSSR count). The predicted octanol–water partition coefficient (Wildman–Crippen LogP) is 3.19. The highest BCUT2D eigenvalue weighted by molar-refractivity contribution is 5.85. The third kappa shape index (κ3) is 8.02. The minimum absolute atomic E-state index is 0. The summed E-state index contributed by atoms with van der Waals surface area (Å²) in [6.07, 6.45) is 1.92. The number of aliphatic carboxylic acids is 1. The summed E-state index contributed by atoms with van der Waals surface area (Å²) in [5.74, 6) is 0.185. The largest absolute Gasteiger partial charge is 0.494 e. The molecule has 0 heterocycles. The van der Waals surface area contributed by atoms with Gasteiger partial charge >= 0.3 is 5.97 Å². The Kier molecular flexibility index (Phi) is 9.86. The van der Waals surface area contributed by atoms with E-state index >= 15 is 0 Å². The molecule has 0 fully saturated rings. The van der Waals surface area contributed by atoms with Crippen molar-refractivity contribution in [2.24, 2.45) is 0 Å². The van der Waals surface area contributed by atoms with E-state index in [2.05, 4.69) is 24.1 Å². The fraction of sp³-hybridized carbons (Fsp3) is 0.533. The van der Waals surface area contributed by atoms with Crippen molar-refractivity contribution in [3.8, 4) is 5.75 Å². The topological polar surface area (TPSA) is 49.8 Å². The van der Waals surface area contributed by atoms with Crippen LogP contribution in [0.2, 0.25) is 0 Å². The molecule has 5 heteroatoms. The summed E-state index contributed by atoms with van der Waals surface area (Å²) >= 11 is 0. The van der Waals surface area contributed by atoms with Gasteiger partial charge in [-0.25, -0.2) is 0 Å². The van der Waals surface area contributed by atoms with Crippen LogP contribution in [0.5, 0.6) is 5.75 Å². The average molecular weight is 302 g/mol. The zero-order valence-corrected chi connectivity index (χ0v) is 13.0. The van der Waals surface area contributed by atoms with Crippen molar-refractivity contribution in [2.75, 3.05) is 20.2 Å². The van der Waals surface area contributed by atoms with E-state index in [-0.39, 0.29) is 18.8 Å². The lowest BCUT2D eigenvalue weighted by molar-refractivity contribution is -0.137. The van der Waals surface area contributed by atoms with Crippen LogP contribution in [-0.4, -0.2) is 36.2 Å². The zero-order chi connectivity index (χ0) is 14.1. The molecule has 4 nitrogen and oxygen atoms in total. The van der Waals surface area contributed by atoms with E-state index in [4.69, 9.17) is 9.84 Å². The van der Waals surface area contributed by atoms with Gasteiger partial charge in [0.25, 0.3) is 0 Å². The maximum atomic E-state index is 10.4. The van der Waals surface area contributed by atoms with Gasteiger partial charge in [0.1, 0.15) is 5.75 Å². The molecule has 0 saturated heterocycles. The first-order chi connectivity index (χ1) is 9.11. The highest BCUT2D eigenvalue weighted by Gasteiger charge is 2.02. The normalized spacial score (nSPS) is 10.2. The minimum atomic E-state index is -0.714. The fourth-order valence-corrected chi connectivity index (χ4v) is 1.91. The monoisotopic (exact) mass is 301 g/mol. The van der Waals surface area contributed by atoms with Gasteiger partial charge in [0.15, 0.2) is 0 Å². The van der Waals surface area contributed by atoms with Crippen LogP contribution in [0.4, 0.5) is 0 Å². The van der Waals surface area contributed by atoms with E-state index < -0.39 is 5.97 Å². The van der Waals surface area contributed by atoms with Crippen LogP contribution in [0, 0.1) is 0 Å². The summed E-state index contributed by atoms with van der Waals surface area (Å²) in [6.45, 7) is 4.45. The molecule has 0 atom stereocenters. The molecule has 0 aromatic heterocycles. The molecule has 1 N–H and O–H groups in total. The van der Waals surface area contributed by atoms with Crippen LogP contribution in [0.15, 0.2) is 24.3 Å². The number of carboxylic acids is 1. The number of halogens is 1. The number of ether oxygens (including phenoxy) is 1. The van der Waals surface area contributed by atoms with Gasteiger partial charge in [-0.1, -0.05) is 12.1 Å². The second-order valence-electron chi connectivity index (χ2n) is 4.67. The summed E-state index contributed by atoms with van der Waals surface area (Å²) in [5, 5.41) is 8.56. The van der Waals surface area contributed by atoms with Crippen molar-refractivity contribution >= 4 is 18.4 Å². The zero-order valence-electron chi connectivity index (χ0n) is 12.2. The van der Waals surface area contributed by atoms with Crippen molar-refractivity contribution in [3.63, 3.8) is 0 Å². The predicted molar refractivity (Wildman–Crippen MR) is 82.7 cm³/mol. The molecule has 0 saturated carbocycles.